The number of ether oxygens (including phenoxy) is 2. The number of aromatic nitrogens is 1. The predicted octanol–water partition coefficient (Wildman–Crippen LogP) is 2.95. The molecule has 0 aliphatic carbocycles. The van der Waals surface area contributed by atoms with Crippen LogP contribution in [0.5, 0.6) is 11.5 Å². The Morgan fingerprint density at radius 1 is 1.27 bits per heavy atom. The van der Waals surface area contributed by atoms with Gasteiger partial charge in [-0.05, 0) is 38.0 Å². The zero-order valence-corrected chi connectivity index (χ0v) is 15.4. The molecule has 26 heavy (non-hydrogen) atoms. The number of rotatable bonds is 8. The van der Waals surface area contributed by atoms with Crippen LogP contribution in [0.4, 0.5) is 0 Å². The fourth-order valence-corrected chi connectivity index (χ4v) is 2.81. The van der Waals surface area contributed by atoms with Gasteiger partial charge < -0.3 is 19.2 Å². The van der Waals surface area contributed by atoms with Gasteiger partial charge in [0.25, 0.3) is 5.91 Å². The molecule has 0 saturated carbocycles. The molecule has 1 aliphatic heterocycles. The van der Waals surface area contributed by atoms with E-state index in [1.54, 1.807) is 0 Å². The Kier molecular flexibility index (Phi) is 5.78. The van der Waals surface area contributed by atoms with Crippen molar-refractivity contribution in [2.24, 2.45) is 0 Å². The zero-order chi connectivity index (χ0) is 18.5. The van der Waals surface area contributed by atoms with Crippen LogP contribution >= 0.6 is 0 Å². The second-order valence-electron chi connectivity index (χ2n) is 6.34. The maximum atomic E-state index is 11.9. The average molecular weight is 359 g/mol. The Hall–Kier alpha value is -2.54. The fourth-order valence-electron chi connectivity index (χ4n) is 2.81. The molecule has 1 unspecified atom stereocenters. The molecule has 0 saturated heterocycles. The SMILES string of the molecule is CCNC(=O)c1coc(CN(Cc2ccc3c(c2)OCO3)C(C)CC)n1. The van der Waals surface area contributed by atoms with Crippen molar-refractivity contribution < 1.29 is 18.7 Å². The first-order valence-corrected chi connectivity index (χ1v) is 8.95. The summed E-state index contributed by atoms with van der Waals surface area (Å²) in [7, 11) is 0. The van der Waals surface area contributed by atoms with Crippen molar-refractivity contribution in [3.63, 3.8) is 0 Å². The number of nitrogens with zero attached hydrogens (tertiary/aromatic N) is 2. The molecule has 0 radical (unpaired) electrons. The van der Waals surface area contributed by atoms with Gasteiger partial charge in [0, 0.05) is 19.1 Å². The van der Waals surface area contributed by atoms with Gasteiger partial charge in [-0.25, -0.2) is 4.98 Å². The second kappa shape index (κ2) is 8.23. The Balaban J connectivity index is 1.71. The molecule has 0 bridgehead atoms. The van der Waals surface area contributed by atoms with Gasteiger partial charge in [-0.15, -0.1) is 0 Å². The van der Waals surface area contributed by atoms with Crippen molar-refractivity contribution in [1.29, 1.82) is 0 Å². The molecule has 1 aromatic carbocycles. The average Bonchev–Trinajstić information content (AvgIpc) is 3.29. The van der Waals surface area contributed by atoms with Crippen LogP contribution in [0.3, 0.4) is 0 Å². The molecule has 1 atom stereocenters. The van der Waals surface area contributed by atoms with Crippen LogP contribution in [0.2, 0.25) is 0 Å². The van der Waals surface area contributed by atoms with Crippen molar-refractivity contribution in [3.8, 4) is 11.5 Å². The predicted molar refractivity (Wildman–Crippen MR) is 96.1 cm³/mol. The van der Waals surface area contributed by atoms with Crippen LogP contribution in [0.1, 0.15) is 49.1 Å². The van der Waals surface area contributed by atoms with Crippen LogP contribution in [-0.4, -0.2) is 35.2 Å². The summed E-state index contributed by atoms with van der Waals surface area (Å²) in [5.74, 6) is 1.88. The van der Waals surface area contributed by atoms with Crippen LogP contribution in [0, 0.1) is 0 Å². The van der Waals surface area contributed by atoms with Crippen molar-refractivity contribution in [2.75, 3.05) is 13.3 Å². The minimum absolute atomic E-state index is 0.214. The van der Waals surface area contributed by atoms with E-state index in [-0.39, 0.29) is 12.7 Å². The summed E-state index contributed by atoms with van der Waals surface area (Å²) >= 11 is 0. The third kappa shape index (κ3) is 4.16. The molecule has 3 rings (SSSR count). The summed E-state index contributed by atoms with van der Waals surface area (Å²) in [6.45, 7) is 8.27. The highest BCUT2D eigenvalue weighted by Gasteiger charge is 2.20. The molecule has 0 fully saturated rings. The van der Waals surface area contributed by atoms with Crippen LogP contribution < -0.4 is 14.8 Å². The standard InChI is InChI=1S/C19H25N3O4/c1-4-13(3)22(9-14-6-7-16-17(8-14)26-12-25-16)10-18-21-15(11-24-18)19(23)20-5-2/h6-8,11,13H,4-5,9-10,12H2,1-3H3,(H,20,23). The number of hydrogen-bond donors (Lipinski definition) is 1. The van der Waals surface area contributed by atoms with Crippen LogP contribution in [0.25, 0.3) is 0 Å². The van der Waals surface area contributed by atoms with E-state index in [0.717, 1.165) is 30.0 Å². The highest BCUT2D eigenvalue weighted by molar-refractivity contribution is 5.91. The molecular weight excluding hydrogens is 334 g/mol. The zero-order valence-electron chi connectivity index (χ0n) is 15.4. The number of carbonyl (C=O) groups excluding carboxylic acids is 1. The molecular formula is C19H25N3O4. The number of fused-ring (bicyclic) bond motifs is 1. The minimum Gasteiger partial charge on any atom is -0.454 e. The largest absolute Gasteiger partial charge is 0.454 e. The van der Waals surface area contributed by atoms with E-state index in [9.17, 15) is 4.79 Å². The molecule has 1 N–H and O–H groups in total. The maximum Gasteiger partial charge on any atom is 0.273 e. The van der Waals surface area contributed by atoms with Crippen molar-refractivity contribution >= 4 is 5.91 Å². The Bertz CT molecular complexity index is 759. The Morgan fingerprint density at radius 2 is 2.08 bits per heavy atom. The summed E-state index contributed by atoms with van der Waals surface area (Å²) in [6, 6.07) is 6.32. The van der Waals surface area contributed by atoms with E-state index in [2.05, 4.69) is 29.0 Å². The van der Waals surface area contributed by atoms with E-state index in [1.807, 2.05) is 25.1 Å². The molecule has 7 heteroatoms. The molecule has 1 aromatic heterocycles. The first-order chi connectivity index (χ1) is 12.6. The highest BCUT2D eigenvalue weighted by atomic mass is 16.7. The van der Waals surface area contributed by atoms with Gasteiger partial charge >= 0.3 is 0 Å². The molecule has 2 aromatic rings. The van der Waals surface area contributed by atoms with Gasteiger partial charge in [0.1, 0.15) is 6.26 Å². The number of carbonyl (C=O) groups is 1. The third-order valence-electron chi connectivity index (χ3n) is 4.50. The minimum atomic E-state index is -0.214. The maximum absolute atomic E-state index is 11.9. The summed E-state index contributed by atoms with van der Waals surface area (Å²) < 4.78 is 16.3. The van der Waals surface area contributed by atoms with Crippen molar-refractivity contribution in [3.05, 3.63) is 41.6 Å². The lowest BCUT2D eigenvalue weighted by Gasteiger charge is -2.27. The summed E-state index contributed by atoms with van der Waals surface area (Å²) in [5, 5.41) is 2.73. The van der Waals surface area contributed by atoms with E-state index in [1.165, 1.54) is 6.26 Å². The van der Waals surface area contributed by atoms with Gasteiger partial charge in [0.2, 0.25) is 12.7 Å². The monoisotopic (exact) mass is 359 g/mol. The van der Waals surface area contributed by atoms with Gasteiger partial charge in [0.05, 0.1) is 6.54 Å². The van der Waals surface area contributed by atoms with Crippen LogP contribution in [-0.2, 0) is 13.1 Å². The lowest BCUT2D eigenvalue weighted by molar-refractivity contribution is 0.0950. The number of benzene rings is 1. The molecule has 1 aliphatic rings. The molecule has 140 valence electrons. The summed E-state index contributed by atoms with van der Waals surface area (Å²) in [4.78, 5) is 18.4. The van der Waals surface area contributed by atoms with E-state index in [4.69, 9.17) is 13.9 Å². The van der Waals surface area contributed by atoms with Gasteiger partial charge in [-0.2, -0.15) is 0 Å². The first-order valence-electron chi connectivity index (χ1n) is 8.95. The second-order valence-corrected chi connectivity index (χ2v) is 6.34. The fraction of sp³-hybridized carbons (Fsp3) is 0.474. The quantitative estimate of drug-likeness (QED) is 0.781. The van der Waals surface area contributed by atoms with Gasteiger partial charge in [-0.1, -0.05) is 13.0 Å². The van der Waals surface area contributed by atoms with Crippen molar-refractivity contribution in [1.82, 2.24) is 15.2 Å². The molecule has 1 amide bonds. The van der Waals surface area contributed by atoms with Crippen molar-refractivity contribution in [2.45, 2.75) is 46.3 Å². The Labute approximate surface area is 153 Å². The van der Waals surface area contributed by atoms with Gasteiger partial charge in [0.15, 0.2) is 17.2 Å². The number of amides is 1. The number of nitrogens with one attached hydrogen (secondary N) is 1. The highest BCUT2D eigenvalue weighted by Crippen LogP contribution is 2.33. The normalized spacial score (nSPS) is 13.8. The molecule has 7 nitrogen and oxygen atoms in total. The van der Waals surface area contributed by atoms with E-state index in [0.29, 0.717) is 30.7 Å². The number of oxazole rings is 1. The molecule has 0 spiro atoms. The Morgan fingerprint density at radius 3 is 2.85 bits per heavy atom. The third-order valence-corrected chi connectivity index (χ3v) is 4.50. The summed E-state index contributed by atoms with van der Waals surface area (Å²) in [5.41, 5.74) is 1.44. The van der Waals surface area contributed by atoms with E-state index >= 15 is 0 Å². The lowest BCUT2D eigenvalue weighted by Crippen LogP contribution is -2.31. The smallest absolute Gasteiger partial charge is 0.273 e. The van der Waals surface area contributed by atoms with Crippen LogP contribution in [0.15, 0.2) is 28.9 Å². The lowest BCUT2D eigenvalue weighted by atomic mass is 10.1. The summed E-state index contributed by atoms with van der Waals surface area (Å²) in [6.07, 6.45) is 2.41. The van der Waals surface area contributed by atoms with E-state index < -0.39 is 0 Å². The number of hydrogen-bond acceptors (Lipinski definition) is 6. The topological polar surface area (TPSA) is 76.8 Å². The molecule has 2 heterocycles. The van der Waals surface area contributed by atoms with Gasteiger partial charge in [-0.3, -0.25) is 9.69 Å². The first kappa shape index (κ1) is 18.3.